The average molecular weight is 527 g/mol. The number of carbonyl (C=O) groups excluding carboxylic acids is 3. The minimum absolute atomic E-state index is 0.0210. The van der Waals surface area contributed by atoms with E-state index in [9.17, 15) is 19.2 Å². The van der Waals surface area contributed by atoms with E-state index in [1.54, 1.807) is 39.0 Å². The maximum atomic E-state index is 12.6. The van der Waals surface area contributed by atoms with Crippen LogP contribution in [0.2, 0.25) is 0 Å². The molecule has 0 bridgehead atoms. The quantitative estimate of drug-likeness (QED) is 0.380. The number of nitrogens with one attached hydrogen (secondary N) is 2. The summed E-state index contributed by atoms with van der Waals surface area (Å²) in [5.41, 5.74) is 1.69. The number of anilines is 1. The predicted octanol–water partition coefficient (Wildman–Crippen LogP) is 3.34. The van der Waals surface area contributed by atoms with E-state index >= 15 is 0 Å². The molecule has 12 nitrogen and oxygen atoms in total. The third kappa shape index (κ3) is 10.6. The van der Waals surface area contributed by atoms with Gasteiger partial charge in [0.1, 0.15) is 12.1 Å². The highest BCUT2D eigenvalue weighted by molar-refractivity contribution is 5.97. The van der Waals surface area contributed by atoms with E-state index < -0.39 is 42.6 Å². The molecule has 0 fully saturated rings. The molecular weight excluding hydrogens is 492 g/mol. The molecule has 0 aliphatic carbocycles. The third-order valence-corrected chi connectivity index (χ3v) is 4.88. The summed E-state index contributed by atoms with van der Waals surface area (Å²) < 4.78 is 5.11. The molecule has 2 rings (SSSR count). The summed E-state index contributed by atoms with van der Waals surface area (Å²) >= 11 is 0. The summed E-state index contributed by atoms with van der Waals surface area (Å²) in [4.78, 5) is 51.1. The molecule has 38 heavy (non-hydrogen) atoms. The molecule has 0 unspecified atom stereocenters. The molecule has 0 radical (unpaired) electrons. The summed E-state index contributed by atoms with van der Waals surface area (Å²) in [5, 5.41) is 22.4. The lowest BCUT2D eigenvalue weighted by molar-refractivity contribution is -0.144. The van der Waals surface area contributed by atoms with Gasteiger partial charge in [-0.25, -0.2) is 4.79 Å². The molecule has 3 N–H and O–H groups in total. The predicted molar refractivity (Wildman–Crippen MR) is 142 cm³/mol. The van der Waals surface area contributed by atoms with Crippen molar-refractivity contribution in [2.75, 3.05) is 45.2 Å². The fourth-order valence-corrected chi connectivity index (χ4v) is 3.07. The summed E-state index contributed by atoms with van der Waals surface area (Å²) in [6.07, 6.45) is -0.684. The SMILES string of the molecule is CN(C)c1ccc(N=Nc2cccc(C(=O)NCC(=O)N(CCNC(=O)OC(C)(C)C)CC(=O)O)c2)cc1. The number of ether oxygens (including phenoxy) is 1. The van der Waals surface area contributed by atoms with Crippen molar-refractivity contribution in [3.8, 4) is 0 Å². The summed E-state index contributed by atoms with van der Waals surface area (Å²) in [6, 6.07) is 13.9. The largest absolute Gasteiger partial charge is 0.480 e. The number of benzene rings is 2. The number of carboxylic acids is 1. The first-order valence-electron chi connectivity index (χ1n) is 11.9. The first-order chi connectivity index (χ1) is 17.8. The second-order valence-corrected chi connectivity index (χ2v) is 9.48. The van der Waals surface area contributed by atoms with Gasteiger partial charge in [-0.3, -0.25) is 14.4 Å². The number of hydrogen-bond donors (Lipinski definition) is 3. The van der Waals surface area contributed by atoms with Crippen molar-refractivity contribution in [3.63, 3.8) is 0 Å². The zero-order valence-corrected chi connectivity index (χ0v) is 22.2. The van der Waals surface area contributed by atoms with Gasteiger partial charge in [0.2, 0.25) is 5.91 Å². The van der Waals surface area contributed by atoms with Crippen molar-refractivity contribution in [2.45, 2.75) is 26.4 Å². The van der Waals surface area contributed by atoms with Crippen molar-refractivity contribution in [1.82, 2.24) is 15.5 Å². The molecule has 2 aromatic carbocycles. The van der Waals surface area contributed by atoms with Gasteiger partial charge in [-0.1, -0.05) is 6.07 Å². The zero-order valence-electron chi connectivity index (χ0n) is 22.2. The van der Waals surface area contributed by atoms with E-state index in [0.717, 1.165) is 10.6 Å². The van der Waals surface area contributed by atoms with Crippen LogP contribution in [0.3, 0.4) is 0 Å². The highest BCUT2D eigenvalue weighted by atomic mass is 16.6. The Morgan fingerprint density at radius 3 is 2.21 bits per heavy atom. The first kappa shape index (κ1) is 29.7. The topological polar surface area (TPSA) is 153 Å². The fraction of sp³-hybridized carbons (Fsp3) is 0.385. The van der Waals surface area contributed by atoms with E-state index in [1.165, 1.54) is 6.07 Å². The number of aliphatic carboxylic acids is 1. The van der Waals surface area contributed by atoms with Crippen molar-refractivity contribution in [2.24, 2.45) is 10.2 Å². The van der Waals surface area contributed by atoms with Crippen LogP contribution in [-0.2, 0) is 14.3 Å². The monoisotopic (exact) mass is 526 g/mol. The van der Waals surface area contributed by atoms with E-state index in [2.05, 4.69) is 20.9 Å². The molecule has 0 saturated carbocycles. The van der Waals surface area contributed by atoms with Gasteiger partial charge in [0.05, 0.1) is 17.9 Å². The number of amides is 3. The third-order valence-electron chi connectivity index (χ3n) is 4.88. The smallest absolute Gasteiger partial charge is 0.407 e. The maximum absolute atomic E-state index is 12.6. The number of hydrogen-bond acceptors (Lipinski definition) is 8. The second kappa shape index (κ2) is 13.7. The number of alkyl carbamates (subject to hydrolysis) is 1. The summed E-state index contributed by atoms with van der Waals surface area (Å²) in [5.74, 6) is -2.38. The lowest BCUT2D eigenvalue weighted by Gasteiger charge is -2.23. The normalized spacial score (nSPS) is 11.1. The van der Waals surface area contributed by atoms with Crippen molar-refractivity contribution in [1.29, 1.82) is 0 Å². The highest BCUT2D eigenvalue weighted by Gasteiger charge is 2.20. The van der Waals surface area contributed by atoms with Gasteiger partial charge in [-0.15, -0.1) is 0 Å². The lowest BCUT2D eigenvalue weighted by Crippen LogP contribution is -2.46. The van der Waals surface area contributed by atoms with Gasteiger partial charge in [-0.05, 0) is 63.2 Å². The van der Waals surface area contributed by atoms with E-state index in [1.807, 2.05) is 43.3 Å². The Balaban J connectivity index is 1.94. The Morgan fingerprint density at radius 1 is 0.947 bits per heavy atom. The summed E-state index contributed by atoms with van der Waals surface area (Å²) in [7, 11) is 3.88. The molecule has 12 heteroatoms. The highest BCUT2D eigenvalue weighted by Crippen LogP contribution is 2.22. The number of carboxylic acid groups (broad SMARTS) is 1. The van der Waals surface area contributed by atoms with Crippen LogP contribution in [0.25, 0.3) is 0 Å². The molecule has 0 aromatic heterocycles. The van der Waals surface area contributed by atoms with Crippen LogP contribution in [0.1, 0.15) is 31.1 Å². The molecule has 0 spiro atoms. The minimum Gasteiger partial charge on any atom is -0.480 e. The van der Waals surface area contributed by atoms with Gasteiger partial charge >= 0.3 is 12.1 Å². The van der Waals surface area contributed by atoms with Gasteiger partial charge in [-0.2, -0.15) is 10.2 Å². The van der Waals surface area contributed by atoms with E-state index in [4.69, 9.17) is 9.84 Å². The first-order valence-corrected chi connectivity index (χ1v) is 11.9. The molecular formula is C26H34N6O6. The minimum atomic E-state index is -1.23. The van der Waals surface area contributed by atoms with Crippen LogP contribution in [0.4, 0.5) is 21.9 Å². The number of nitrogens with zero attached hydrogens (tertiary/aromatic N) is 4. The molecule has 3 amide bonds. The average Bonchev–Trinajstić information content (AvgIpc) is 2.84. The molecule has 0 aliphatic rings. The Hall–Kier alpha value is -4.48. The molecule has 0 atom stereocenters. The Bertz CT molecular complexity index is 1160. The van der Waals surface area contributed by atoms with Gasteiger partial charge in [0.15, 0.2) is 0 Å². The Kier molecular flexibility index (Phi) is 10.7. The van der Waals surface area contributed by atoms with E-state index in [0.29, 0.717) is 11.4 Å². The van der Waals surface area contributed by atoms with Gasteiger partial charge in [0, 0.05) is 38.4 Å². The fourth-order valence-electron chi connectivity index (χ4n) is 3.07. The van der Waals surface area contributed by atoms with Crippen LogP contribution < -0.4 is 15.5 Å². The van der Waals surface area contributed by atoms with Crippen molar-refractivity contribution < 1.29 is 29.0 Å². The second-order valence-electron chi connectivity index (χ2n) is 9.48. The number of azo groups is 1. The van der Waals surface area contributed by atoms with Gasteiger partial charge in [0.25, 0.3) is 5.91 Å². The molecule has 0 aliphatic heterocycles. The van der Waals surface area contributed by atoms with E-state index in [-0.39, 0.29) is 18.7 Å². The molecule has 0 saturated heterocycles. The van der Waals surface area contributed by atoms with Crippen molar-refractivity contribution in [3.05, 3.63) is 54.1 Å². The van der Waals surface area contributed by atoms with Crippen LogP contribution in [0, 0.1) is 0 Å². The Labute approximate surface area is 221 Å². The maximum Gasteiger partial charge on any atom is 0.407 e. The van der Waals surface area contributed by atoms with Crippen LogP contribution in [-0.4, -0.2) is 79.8 Å². The van der Waals surface area contributed by atoms with Crippen molar-refractivity contribution >= 4 is 40.9 Å². The van der Waals surface area contributed by atoms with Gasteiger partial charge < -0.3 is 30.3 Å². The zero-order chi connectivity index (χ0) is 28.3. The number of carbonyl (C=O) groups is 4. The lowest BCUT2D eigenvalue weighted by atomic mass is 10.2. The van der Waals surface area contributed by atoms with Crippen LogP contribution >= 0.6 is 0 Å². The Morgan fingerprint density at radius 2 is 1.61 bits per heavy atom. The molecule has 204 valence electrons. The van der Waals surface area contributed by atoms with Crippen LogP contribution in [0.5, 0.6) is 0 Å². The standard InChI is InChI=1S/C26H34N6O6/c1-26(2,3)38-25(37)27-13-14-32(17-23(34)35)22(33)16-28-24(36)18-7-6-8-20(15-18)30-29-19-9-11-21(12-10-19)31(4)5/h6-12,15H,13-14,16-17H2,1-5H3,(H,27,37)(H,28,36)(H,34,35). The summed E-state index contributed by atoms with van der Waals surface area (Å²) in [6.45, 7) is 4.01. The van der Waals surface area contributed by atoms with Crippen LogP contribution in [0.15, 0.2) is 58.8 Å². The number of rotatable bonds is 11. The molecule has 2 aromatic rings. The molecule has 0 heterocycles.